The van der Waals surface area contributed by atoms with Crippen molar-refractivity contribution < 1.29 is 23.5 Å². The topological polar surface area (TPSA) is 63.7 Å². The van der Waals surface area contributed by atoms with Gasteiger partial charge >= 0.3 is 0 Å². The fourth-order valence-corrected chi connectivity index (χ4v) is 7.52. The second kappa shape index (κ2) is 9.65. The number of ketones is 3. The summed E-state index contributed by atoms with van der Waals surface area (Å²) in [6.45, 7) is 0. The molecule has 5 nitrogen and oxygen atoms in total. The molecule has 0 radical (unpaired) electrons. The third kappa shape index (κ3) is 3.58. The zero-order valence-electron chi connectivity index (χ0n) is 22.2. The minimum absolute atomic E-state index is 0.232. The van der Waals surface area contributed by atoms with Gasteiger partial charge < -0.3 is 9.64 Å². The molecule has 208 valence electrons. The summed E-state index contributed by atoms with van der Waals surface area (Å²) >= 11 is 13.1. The van der Waals surface area contributed by atoms with Crippen LogP contribution in [0.25, 0.3) is 6.08 Å². The lowest BCUT2D eigenvalue weighted by Crippen LogP contribution is -2.48. The van der Waals surface area contributed by atoms with Crippen LogP contribution in [0, 0.1) is 11.2 Å². The van der Waals surface area contributed by atoms with Crippen LogP contribution in [0.1, 0.15) is 48.1 Å². The normalized spacial score (nSPS) is 21.3. The van der Waals surface area contributed by atoms with Crippen molar-refractivity contribution >= 4 is 52.3 Å². The van der Waals surface area contributed by atoms with Crippen molar-refractivity contribution in [3.8, 4) is 5.75 Å². The molecule has 2 aliphatic heterocycles. The van der Waals surface area contributed by atoms with Gasteiger partial charge in [0.2, 0.25) is 0 Å². The maximum Gasteiger partial charge on any atom is 0.186 e. The van der Waals surface area contributed by atoms with Crippen molar-refractivity contribution in [3.63, 3.8) is 0 Å². The Morgan fingerprint density at radius 3 is 2.33 bits per heavy atom. The number of benzene rings is 4. The average Bonchev–Trinajstić information content (AvgIpc) is 3.42. The molecule has 1 fully saturated rings. The Morgan fingerprint density at radius 2 is 1.64 bits per heavy atom. The van der Waals surface area contributed by atoms with Gasteiger partial charge in [0.15, 0.2) is 17.3 Å². The number of hydrogen-bond donors (Lipinski definition) is 0. The number of methoxy groups -OCH3 is 1. The summed E-state index contributed by atoms with van der Waals surface area (Å²) < 4.78 is 19.8. The van der Waals surface area contributed by atoms with Crippen LogP contribution in [0.4, 0.5) is 10.1 Å². The van der Waals surface area contributed by atoms with E-state index in [1.807, 2.05) is 0 Å². The Labute approximate surface area is 251 Å². The van der Waals surface area contributed by atoms with E-state index in [1.165, 1.54) is 19.2 Å². The Morgan fingerprint density at radius 1 is 0.905 bits per heavy atom. The number of hydrogen-bond acceptors (Lipinski definition) is 5. The molecule has 3 atom stereocenters. The van der Waals surface area contributed by atoms with E-state index in [9.17, 15) is 18.8 Å². The van der Waals surface area contributed by atoms with Gasteiger partial charge in [-0.25, -0.2) is 4.39 Å². The fraction of sp³-hybridized carbons (Fsp3) is 0.147. The van der Waals surface area contributed by atoms with Crippen LogP contribution in [-0.4, -0.2) is 36.5 Å². The summed E-state index contributed by atoms with van der Waals surface area (Å²) in [4.78, 5) is 45.9. The van der Waals surface area contributed by atoms with E-state index in [-0.39, 0.29) is 22.4 Å². The van der Waals surface area contributed by atoms with Gasteiger partial charge in [0.05, 0.1) is 13.2 Å². The molecule has 4 aromatic rings. The quantitative estimate of drug-likeness (QED) is 0.180. The predicted octanol–water partition coefficient (Wildman–Crippen LogP) is 7.46. The van der Waals surface area contributed by atoms with E-state index < -0.39 is 29.2 Å². The van der Waals surface area contributed by atoms with Gasteiger partial charge in [-0.3, -0.25) is 14.4 Å². The van der Waals surface area contributed by atoms with Gasteiger partial charge in [-0.05, 0) is 48.0 Å². The number of nitrogens with zero attached hydrogens (tertiary/aromatic N) is 1. The molecule has 0 unspecified atom stereocenters. The van der Waals surface area contributed by atoms with Crippen LogP contribution >= 0.6 is 23.2 Å². The minimum atomic E-state index is -1.73. The molecule has 1 aliphatic carbocycles. The van der Waals surface area contributed by atoms with Crippen LogP contribution in [0.15, 0.2) is 91.0 Å². The van der Waals surface area contributed by atoms with Gasteiger partial charge in [-0.15, -0.1) is 0 Å². The highest BCUT2D eigenvalue weighted by molar-refractivity contribution is 6.36. The maximum atomic E-state index is 14.7. The molecule has 0 saturated carbocycles. The maximum absolute atomic E-state index is 14.7. The lowest BCUT2D eigenvalue weighted by atomic mass is 9.64. The van der Waals surface area contributed by atoms with Gasteiger partial charge in [0.1, 0.15) is 23.0 Å². The van der Waals surface area contributed by atoms with E-state index >= 15 is 0 Å². The molecule has 2 heterocycles. The van der Waals surface area contributed by atoms with E-state index in [1.54, 1.807) is 89.8 Å². The summed E-state index contributed by atoms with van der Waals surface area (Å²) in [6, 6.07) is 20.6. The average molecular weight is 598 g/mol. The first-order chi connectivity index (χ1) is 20.3. The van der Waals surface area contributed by atoms with Crippen molar-refractivity contribution in [3.05, 3.63) is 135 Å². The molecule has 4 aromatic carbocycles. The number of carbonyl (C=O) groups is 3. The van der Waals surface area contributed by atoms with Crippen LogP contribution in [0.2, 0.25) is 10.0 Å². The summed E-state index contributed by atoms with van der Waals surface area (Å²) in [5, 5.41) is 0.604. The molecule has 0 amide bonds. The zero-order valence-corrected chi connectivity index (χ0v) is 23.7. The number of anilines is 1. The zero-order chi connectivity index (χ0) is 29.3. The Hall–Kier alpha value is -4.26. The summed E-state index contributed by atoms with van der Waals surface area (Å²) in [5.41, 5.74) is 0.706. The Balaban J connectivity index is 1.56. The Kier molecular flexibility index (Phi) is 6.12. The van der Waals surface area contributed by atoms with Crippen molar-refractivity contribution in [1.29, 1.82) is 0 Å². The Bertz CT molecular complexity index is 1830. The van der Waals surface area contributed by atoms with E-state index in [2.05, 4.69) is 0 Å². The van der Waals surface area contributed by atoms with E-state index in [4.69, 9.17) is 27.9 Å². The molecule has 0 bridgehead atoms. The van der Waals surface area contributed by atoms with E-state index in [0.717, 1.165) is 0 Å². The molecule has 8 heteroatoms. The molecule has 1 saturated heterocycles. The minimum Gasteiger partial charge on any atom is -0.497 e. The monoisotopic (exact) mass is 597 g/mol. The van der Waals surface area contributed by atoms with Crippen molar-refractivity contribution in [2.24, 2.45) is 5.41 Å². The van der Waals surface area contributed by atoms with E-state index in [0.29, 0.717) is 44.3 Å². The van der Waals surface area contributed by atoms with Crippen LogP contribution < -0.4 is 9.64 Å². The fourth-order valence-electron chi connectivity index (χ4n) is 6.99. The molecular weight excluding hydrogens is 576 g/mol. The van der Waals surface area contributed by atoms with Crippen LogP contribution in [0.3, 0.4) is 0 Å². The van der Waals surface area contributed by atoms with Crippen molar-refractivity contribution in [1.82, 2.24) is 0 Å². The molecule has 0 N–H and O–H groups in total. The highest BCUT2D eigenvalue weighted by Crippen LogP contribution is 2.61. The first kappa shape index (κ1) is 26.6. The van der Waals surface area contributed by atoms with Crippen molar-refractivity contribution in [2.45, 2.75) is 18.0 Å². The highest BCUT2D eigenvalue weighted by Gasteiger charge is 2.71. The van der Waals surface area contributed by atoms with Gasteiger partial charge in [0, 0.05) is 43.9 Å². The van der Waals surface area contributed by atoms with Gasteiger partial charge in [-0.1, -0.05) is 77.8 Å². The molecule has 7 rings (SSSR count). The number of fused-ring (bicyclic) bond motifs is 5. The summed E-state index contributed by atoms with van der Waals surface area (Å²) in [7, 11) is 1.51. The van der Waals surface area contributed by atoms with Gasteiger partial charge in [0.25, 0.3) is 0 Å². The largest absolute Gasteiger partial charge is 0.497 e. The van der Waals surface area contributed by atoms with Crippen LogP contribution in [0.5, 0.6) is 5.75 Å². The SMILES string of the molecule is COc1cccc(C(=O)[C@@H]2[C@H](c3ccc(Cl)cc3Cl)C3(C(=O)c4ccccc4C3=O)[C@H]3C=Cc4cc(F)ccc4N23)c1. The number of ether oxygens (including phenoxy) is 1. The predicted molar refractivity (Wildman–Crippen MR) is 160 cm³/mol. The van der Waals surface area contributed by atoms with Crippen LogP contribution in [-0.2, 0) is 0 Å². The third-order valence-electron chi connectivity index (χ3n) is 8.69. The second-order valence-corrected chi connectivity index (χ2v) is 11.5. The summed E-state index contributed by atoms with van der Waals surface area (Å²) in [6.07, 6.45) is 3.45. The summed E-state index contributed by atoms with van der Waals surface area (Å²) in [5.74, 6) is -2.09. The first-order valence-corrected chi connectivity index (χ1v) is 14.1. The highest BCUT2D eigenvalue weighted by atomic mass is 35.5. The molecule has 3 aliphatic rings. The number of Topliss-reactive ketones (excluding diaryl/α,β-unsaturated/α-hetero) is 3. The lowest BCUT2D eigenvalue weighted by Gasteiger charge is -2.37. The molecule has 0 aromatic heterocycles. The standard InChI is InChI=1S/C34H22Cl2FNO4/c1-42-22-6-4-5-19(16-22)31(39)30-29(25-12-10-20(35)17-26(25)36)34(32(40)23-7-2-3-8-24(23)33(34)41)28-14-9-18-15-21(37)11-13-27(18)38(28)30/h2-17,28-30H,1H3/t28-,29+,30+/m1/s1. The smallest absolute Gasteiger partial charge is 0.186 e. The lowest BCUT2D eigenvalue weighted by molar-refractivity contribution is 0.0666. The first-order valence-electron chi connectivity index (χ1n) is 13.3. The number of carbonyl (C=O) groups excluding carboxylic acids is 3. The second-order valence-electron chi connectivity index (χ2n) is 10.7. The molecular formula is C34H22Cl2FNO4. The van der Waals surface area contributed by atoms with Gasteiger partial charge in [-0.2, -0.15) is 0 Å². The number of rotatable bonds is 4. The molecule has 1 spiro atoms. The van der Waals surface area contributed by atoms with Crippen molar-refractivity contribution in [2.75, 3.05) is 12.0 Å². The molecule has 42 heavy (non-hydrogen) atoms. The third-order valence-corrected chi connectivity index (χ3v) is 9.25. The number of halogens is 3.